The van der Waals surface area contributed by atoms with Crippen molar-refractivity contribution in [3.8, 4) is 0 Å². The molecule has 3 aliphatic rings. The van der Waals surface area contributed by atoms with E-state index in [9.17, 15) is 18.0 Å². The van der Waals surface area contributed by atoms with Crippen LogP contribution in [0.15, 0.2) is 18.2 Å². The van der Waals surface area contributed by atoms with E-state index in [4.69, 9.17) is 0 Å². The summed E-state index contributed by atoms with van der Waals surface area (Å²) < 4.78 is 38.2. The van der Waals surface area contributed by atoms with Crippen LogP contribution in [0, 0.1) is 0 Å². The molecule has 0 bridgehead atoms. The molecule has 0 radical (unpaired) electrons. The summed E-state index contributed by atoms with van der Waals surface area (Å²) in [5, 5.41) is 3.38. The number of anilines is 1. The molecule has 26 heavy (non-hydrogen) atoms. The molecular weight excluding hydrogens is 343 g/mol. The Morgan fingerprint density at radius 2 is 2.00 bits per heavy atom. The fourth-order valence-electron chi connectivity index (χ4n) is 4.49. The average molecular weight is 367 g/mol. The van der Waals surface area contributed by atoms with Gasteiger partial charge in [0.1, 0.15) is 0 Å². The number of carbonyl (C=O) groups excluding carboxylic acids is 1. The molecule has 1 saturated heterocycles. The molecule has 2 heterocycles. The highest BCUT2D eigenvalue weighted by molar-refractivity contribution is 5.99. The van der Waals surface area contributed by atoms with Gasteiger partial charge in [-0.15, -0.1) is 0 Å². The van der Waals surface area contributed by atoms with Gasteiger partial charge in [-0.05, 0) is 63.0 Å². The molecule has 2 unspecified atom stereocenters. The summed E-state index contributed by atoms with van der Waals surface area (Å²) in [6.45, 7) is 2.24. The molecule has 4 rings (SSSR count). The van der Waals surface area contributed by atoms with E-state index in [2.05, 4.69) is 17.3 Å². The average Bonchev–Trinajstić information content (AvgIpc) is 3.32. The SMILES string of the molecule is CN(C1CCNCC1)C1CC1c1ccc2c(c1)CCN2C(=O)C(F)(F)F. The summed E-state index contributed by atoms with van der Waals surface area (Å²) in [4.78, 5) is 14.9. The normalized spacial score (nSPS) is 26.3. The van der Waals surface area contributed by atoms with Crippen molar-refractivity contribution in [3.63, 3.8) is 0 Å². The molecule has 2 atom stereocenters. The molecule has 7 heteroatoms. The zero-order chi connectivity index (χ0) is 18.5. The van der Waals surface area contributed by atoms with Crippen LogP contribution in [-0.4, -0.2) is 55.7 Å². The Balaban J connectivity index is 1.45. The van der Waals surface area contributed by atoms with Gasteiger partial charge in [0.05, 0.1) is 0 Å². The van der Waals surface area contributed by atoms with E-state index in [-0.39, 0.29) is 6.54 Å². The highest BCUT2D eigenvalue weighted by Crippen LogP contribution is 2.47. The summed E-state index contributed by atoms with van der Waals surface area (Å²) in [5.74, 6) is -1.31. The molecular formula is C19H24F3N3O. The highest BCUT2D eigenvalue weighted by atomic mass is 19.4. The van der Waals surface area contributed by atoms with Crippen LogP contribution in [0.2, 0.25) is 0 Å². The van der Waals surface area contributed by atoms with Gasteiger partial charge in [-0.2, -0.15) is 13.2 Å². The zero-order valence-electron chi connectivity index (χ0n) is 14.9. The molecule has 2 aliphatic heterocycles. The van der Waals surface area contributed by atoms with Gasteiger partial charge in [-0.1, -0.05) is 12.1 Å². The van der Waals surface area contributed by atoms with Crippen LogP contribution in [0.1, 0.15) is 36.3 Å². The lowest BCUT2D eigenvalue weighted by atomic mass is 10.0. The molecule has 0 spiro atoms. The van der Waals surface area contributed by atoms with Gasteiger partial charge in [0.25, 0.3) is 0 Å². The molecule has 1 aliphatic carbocycles. The van der Waals surface area contributed by atoms with E-state index >= 15 is 0 Å². The predicted molar refractivity (Wildman–Crippen MR) is 93.4 cm³/mol. The lowest BCUT2D eigenvalue weighted by Gasteiger charge is -2.32. The summed E-state index contributed by atoms with van der Waals surface area (Å²) >= 11 is 0. The third kappa shape index (κ3) is 3.22. The maximum Gasteiger partial charge on any atom is 0.471 e. The van der Waals surface area contributed by atoms with E-state index < -0.39 is 12.1 Å². The third-order valence-electron chi connectivity index (χ3n) is 6.08. The molecule has 1 amide bonds. The lowest BCUT2D eigenvalue weighted by Crippen LogP contribution is -2.42. The van der Waals surface area contributed by atoms with Crippen LogP contribution in [0.5, 0.6) is 0 Å². The number of benzene rings is 1. The molecule has 1 saturated carbocycles. The minimum Gasteiger partial charge on any atom is -0.317 e. The summed E-state index contributed by atoms with van der Waals surface area (Å²) in [6.07, 6.45) is -0.896. The highest BCUT2D eigenvalue weighted by Gasteiger charge is 2.46. The minimum atomic E-state index is -4.82. The van der Waals surface area contributed by atoms with Gasteiger partial charge in [0.2, 0.25) is 0 Å². The number of carbonyl (C=O) groups is 1. The van der Waals surface area contributed by atoms with Crippen LogP contribution in [0.25, 0.3) is 0 Å². The zero-order valence-corrected chi connectivity index (χ0v) is 14.9. The minimum absolute atomic E-state index is 0.111. The number of halogens is 3. The Kier molecular flexibility index (Phi) is 4.47. The molecule has 1 N–H and O–H groups in total. The number of fused-ring (bicyclic) bond motifs is 1. The second-order valence-electron chi connectivity index (χ2n) is 7.65. The Hall–Kier alpha value is -1.60. The lowest BCUT2D eigenvalue weighted by molar-refractivity contribution is -0.170. The van der Waals surface area contributed by atoms with Crippen molar-refractivity contribution in [1.29, 1.82) is 0 Å². The topological polar surface area (TPSA) is 35.6 Å². The van der Waals surface area contributed by atoms with Crippen LogP contribution >= 0.6 is 0 Å². The molecule has 2 fully saturated rings. The quantitative estimate of drug-likeness (QED) is 0.892. The van der Waals surface area contributed by atoms with Crippen molar-refractivity contribution < 1.29 is 18.0 Å². The van der Waals surface area contributed by atoms with Crippen molar-refractivity contribution in [2.75, 3.05) is 31.6 Å². The van der Waals surface area contributed by atoms with Crippen molar-refractivity contribution in [3.05, 3.63) is 29.3 Å². The van der Waals surface area contributed by atoms with Crippen LogP contribution in [-0.2, 0) is 11.2 Å². The molecule has 0 aromatic heterocycles. The van der Waals surface area contributed by atoms with E-state index in [0.717, 1.165) is 30.0 Å². The molecule has 1 aromatic rings. The van der Waals surface area contributed by atoms with E-state index in [0.29, 0.717) is 30.1 Å². The number of hydrogen-bond acceptors (Lipinski definition) is 3. The van der Waals surface area contributed by atoms with E-state index in [1.165, 1.54) is 18.4 Å². The molecule has 4 nitrogen and oxygen atoms in total. The number of nitrogens with zero attached hydrogens (tertiary/aromatic N) is 2. The van der Waals surface area contributed by atoms with Gasteiger partial charge in [-0.3, -0.25) is 9.69 Å². The number of piperidine rings is 1. The fraction of sp³-hybridized carbons (Fsp3) is 0.632. The number of hydrogen-bond donors (Lipinski definition) is 1. The summed E-state index contributed by atoms with van der Waals surface area (Å²) in [6, 6.07) is 6.74. The Morgan fingerprint density at radius 1 is 1.27 bits per heavy atom. The number of alkyl halides is 3. The van der Waals surface area contributed by atoms with Gasteiger partial charge in [0, 0.05) is 30.2 Å². The second kappa shape index (κ2) is 6.53. The first-order valence-corrected chi connectivity index (χ1v) is 9.30. The maximum atomic E-state index is 12.7. The summed E-state index contributed by atoms with van der Waals surface area (Å²) in [7, 11) is 2.19. The number of rotatable bonds is 3. The maximum absolute atomic E-state index is 12.7. The largest absolute Gasteiger partial charge is 0.471 e. The van der Waals surface area contributed by atoms with Crippen molar-refractivity contribution in [1.82, 2.24) is 10.2 Å². The first kappa shape index (κ1) is 17.8. The van der Waals surface area contributed by atoms with Gasteiger partial charge in [0.15, 0.2) is 0 Å². The molecule has 1 aromatic carbocycles. The van der Waals surface area contributed by atoms with E-state index in [1.54, 1.807) is 6.07 Å². The summed E-state index contributed by atoms with van der Waals surface area (Å²) in [5.41, 5.74) is 2.46. The van der Waals surface area contributed by atoms with Gasteiger partial charge < -0.3 is 10.2 Å². The van der Waals surface area contributed by atoms with Gasteiger partial charge >= 0.3 is 12.1 Å². The number of nitrogens with one attached hydrogen (secondary N) is 1. The first-order valence-electron chi connectivity index (χ1n) is 9.30. The van der Waals surface area contributed by atoms with Crippen LogP contribution < -0.4 is 10.2 Å². The number of amides is 1. The van der Waals surface area contributed by atoms with Crippen LogP contribution in [0.4, 0.5) is 18.9 Å². The van der Waals surface area contributed by atoms with E-state index in [1.807, 2.05) is 12.1 Å². The van der Waals surface area contributed by atoms with Crippen molar-refractivity contribution in [2.24, 2.45) is 0 Å². The molecule has 142 valence electrons. The first-order chi connectivity index (χ1) is 12.4. The Bertz CT molecular complexity index is 700. The van der Waals surface area contributed by atoms with Gasteiger partial charge in [-0.25, -0.2) is 0 Å². The smallest absolute Gasteiger partial charge is 0.317 e. The standard InChI is InChI=1S/C19H24F3N3O/c1-24(14-4-7-23-8-5-14)17-11-15(17)12-2-3-16-13(10-12)6-9-25(16)18(26)19(20,21)22/h2-3,10,14-15,17,23H,4-9,11H2,1H3. The predicted octanol–water partition coefficient (Wildman–Crippen LogP) is 2.68. The van der Waals surface area contributed by atoms with Crippen LogP contribution in [0.3, 0.4) is 0 Å². The fourth-order valence-corrected chi connectivity index (χ4v) is 4.49. The Morgan fingerprint density at radius 3 is 2.69 bits per heavy atom. The third-order valence-corrected chi connectivity index (χ3v) is 6.08. The monoisotopic (exact) mass is 367 g/mol. The van der Waals surface area contributed by atoms with Crippen molar-refractivity contribution >= 4 is 11.6 Å². The number of likely N-dealkylation sites (N-methyl/N-ethyl adjacent to an activating group) is 1. The second-order valence-corrected chi connectivity index (χ2v) is 7.65. The Labute approximate surface area is 151 Å². The van der Waals surface area contributed by atoms with Crippen molar-refractivity contribution in [2.45, 2.75) is 49.9 Å².